The molecule has 0 unspecified atom stereocenters. The van der Waals surface area contributed by atoms with E-state index in [1.54, 1.807) is 13.2 Å². The summed E-state index contributed by atoms with van der Waals surface area (Å²) in [5, 5.41) is 5.97. The highest BCUT2D eigenvalue weighted by Gasteiger charge is 2.05. The number of ether oxygens (including phenoxy) is 1. The van der Waals surface area contributed by atoms with Crippen molar-refractivity contribution in [2.45, 2.75) is 13.3 Å². The standard InChI is InChI=1S/C15H16N2O2S/c1-11(10-12-5-7-13(19-2)8-6-12)16-17-15(18)14-4-3-9-20-14/h3-9H,10H2,1-2H3,(H,17,18)/b16-11+. The normalized spacial score (nSPS) is 11.2. The van der Waals surface area contributed by atoms with Crippen LogP contribution in [-0.2, 0) is 6.42 Å². The minimum Gasteiger partial charge on any atom is -0.497 e. The summed E-state index contributed by atoms with van der Waals surface area (Å²) in [5.41, 5.74) is 4.53. The minimum absolute atomic E-state index is 0.172. The molecule has 0 bridgehead atoms. The van der Waals surface area contributed by atoms with Gasteiger partial charge in [-0.15, -0.1) is 11.3 Å². The van der Waals surface area contributed by atoms with Gasteiger partial charge >= 0.3 is 0 Å². The van der Waals surface area contributed by atoms with E-state index in [-0.39, 0.29) is 5.91 Å². The number of carbonyl (C=O) groups is 1. The topological polar surface area (TPSA) is 50.7 Å². The van der Waals surface area contributed by atoms with Gasteiger partial charge in [0.15, 0.2) is 0 Å². The van der Waals surface area contributed by atoms with E-state index < -0.39 is 0 Å². The Bertz CT molecular complexity index is 589. The van der Waals surface area contributed by atoms with Crippen LogP contribution in [0.3, 0.4) is 0 Å². The number of nitrogens with one attached hydrogen (secondary N) is 1. The quantitative estimate of drug-likeness (QED) is 0.679. The van der Waals surface area contributed by atoms with Gasteiger partial charge in [0.25, 0.3) is 5.91 Å². The second kappa shape index (κ2) is 6.86. The number of hydrogen-bond donors (Lipinski definition) is 1. The van der Waals surface area contributed by atoms with Crippen LogP contribution in [0.1, 0.15) is 22.2 Å². The van der Waals surface area contributed by atoms with Crippen LogP contribution >= 0.6 is 11.3 Å². The van der Waals surface area contributed by atoms with E-state index in [4.69, 9.17) is 4.74 Å². The molecule has 1 aromatic heterocycles. The molecule has 0 atom stereocenters. The molecule has 4 nitrogen and oxygen atoms in total. The highest BCUT2D eigenvalue weighted by molar-refractivity contribution is 7.12. The van der Waals surface area contributed by atoms with E-state index in [0.29, 0.717) is 11.3 Å². The zero-order chi connectivity index (χ0) is 14.4. The van der Waals surface area contributed by atoms with Crippen molar-refractivity contribution in [3.8, 4) is 5.75 Å². The van der Waals surface area contributed by atoms with Crippen molar-refractivity contribution in [3.05, 3.63) is 52.2 Å². The van der Waals surface area contributed by atoms with Crippen molar-refractivity contribution in [2.75, 3.05) is 7.11 Å². The maximum atomic E-state index is 11.7. The van der Waals surface area contributed by atoms with E-state index in [1.165, 1.54) is 11.3 Å². The lowest BCUT2D eigenvalue weighted by Crippen LogP contribution is -2.18. The van der Waals surface area contributed by atoms with Crippen LogP contribution in [0.2, 0.25) is 0 Å². The lowest BCUT2D eigenvalue weighted by atomic mass is 10.1. The highest BCUT2D eigenvalue weighted by atomic mass is 32.1. The molecule has 1 aromatic carbocycles. The van der Waals surface area contributed by atoms with Gasteiger partial charge in [-0.2, -0.15) is 5.10 Å². The number of nitrogens with zero attached hydrogens (tertiary/aromatic N) is 1. The predicted molar refractivity (Wildman–Crippen MR) is 81.6 cm³/mol. The second-order valence-corrected chi connectivity index (χ2v) is 5.24. The molecule has 0 aliphatic heterocycles. The van der Waals surface area contributed by atoms with E-state index in [9.17, 15) is 4.79 Å². The van der Waals surface area contributed by atoms with Crippen molar-refractivity contribution < 1.29 is 9.53 Å². The fourth-order valence-electron chi connectivity index (χ4n) is 1.69. The molecule has 1 N–H and O–H groups in total. The van der Waals surface area contributed by atoms with E-state index >= 15 is 0 Å². The van der Waals surface area contributed by atoms with Crippen LogP contribution in [0, 0.1) is 0 Å². The second-order valence-electron chi connectivity index (χ2n) is 4.29. The first-order valence-corrected chi connectivity index (χ1v) is 7.07. The van der Waals surface area contributed by atoms with Crippen molar-refractivity contribution in [2.24, 2.45) is 5.10 Å². The van der Waals surface area contributed by atoms with Crippen LogP contribution in [0.25, 0.3) is 0 Å². The average molecular weight is 288 g/mol. The van der Waals surface area contributed by atoms with E-state index in [1.807, 2.05) is 42.6 Å². The van der Waals surface area contributed by atoms with Crippen molar-refractivity contribution >= 4 is 23.0 Å². The Balaban J connectivity index is 1.91. The van der Waals surface area contributed by atoms with Crippen LogP contribution in [0.4, 0.5) is 0 Å². The molecule has 0 fully saturated rings. The first-order chi connectivity index (χ1) is 9.69. The molecule has 0 radical (unpaired) electrons. The zero-order valence-corrected chi connectivity index (χ0v) is 12.2. The van der Waals surface area contributed by atoms with Crippen molar-refractivity contribution in [1.29, 1.82) is 0 Å². The molecule has 0 saturated carbocycles. The van der Waals surface area contributed by atoms with Gasteiger partial charge in [0, 0.05) is 12.1 Å². The Morgan fingerprint density at radius 3 is 2.65 bits per heavy atom. The van der Waals surface area contributed by atoms with Crippen LogP contribution < -0.4 is 10.2 Å². The number of carbonyl (C=O) groups excluding carboxylic acids is 1. The number of hydrogen-bond acceptors (Lipinski definition) is 4. The summed E-state index contributed by atoms with van der Waals surface area (Å²) in [6, 6.07) is 11.4. The van der Waals surface area contributed by atoms with Crippen LogP contribution in [-0.4, -0.2) is 18.7 Å². The number of rotatable bonds is 5. The number of thiophene rings is 1. The first kappa shape index (κ1) is 14.3. The molecule has 1 amide bonds. The van der Waals surface area contributed by atoms with Crippen molar-refractivity contribution in [1.82, 2.24) is 5.43 Å². The van der Waals surface area contributed by atoms with Gasteiger partial charge in [0.05, 0.1) is 12.0 Å². The van der Waals surface area contributed by atoms with Gasteiger partial charge in [-0.25, -0.2) is 5.43 Å². The molecule has 20 heavy (non-hydrogen) atoms. The third-order valence-corrected chi connectivity index (χ3v) is 3.58. The largest absolute Gasteiger partial charge is 0.497 e. The Kier molecular flexibility index (Phi) is 4.90. The molecular weight excluding hydrogens is 272 g/mol. The maximum Gasteiger partial charge on any atom is 0.281 e. The molecule has 104 valence electrons. The monoisotopic (exact) mass is 288 g/mol. The van der Waals surface area contributed by atoms with Crippen molar-refractivity contribution in [3.63, 3.8) is 0 Å². The minimum atomic E-state index is -0.172. The lowest BCUT2D eigenvalue weighted by Gasteiger charge is -2.04. The molecule has 5 heteroatoms. The fourth-order valence-corrected chi connectivity index (χ4v) is 2.30. The van der Waals surface area contributed by atoms with Gasteiger partial charge in [-0.3, -0.25) is 4.79 Å². The molecule has 0 spiro atoms. The maximum absolute atomic E-state index is 11.7. The Morgan fingerprint density at radius 1 is 1.30 bits per heavy atom. The number of hydrazone groups is 1. The molecule has 2 aromatic rings. The van der Waals surface area contributed by atoms with Gasteiger partial charge in [-0.1, -0.05) is 18.2 Å². The fraction of sp³-hybridized carbons (Fsp3) is 0.200. The number of benzene rings is 1. The summed E-state index contributed by atoms with van der Waals surface area (Å²) < 4.78 is 5.11. The van der Waals surface area contributed by atoms with Crippen LogP contribution in [0.5, 0.6) is 5.75 Å². The number of amides is 1. The van der Waals surface area contributed by atoms with Gasteiger partial charge in [-0.05, 0) is 36.1 Å². The third kappa shape index (κ3) is 3.93. The summed E-state index contributed by atoms with van der Waals surface area (Å²) in [5.74, 6) is 0.656. The van der Waals surface area contributed by atoms with E-state index in [0.717, 1.165) is 17.0 Å². The SMILES string of the molecule is COc1ccc(C/C(C)=N/NC(=O)c2cccs2)cc1. The number of methoxy groups -OCH3 is 1. The predicted octanol–water partition coefficient (Wildman–Crippen LogP) is 3.11. The van der Waals surface area contributed by atoms with Gasteiger partial charge < -0.3 is 4.74 Å². The van der Waals surface area contributed by atoms with E-state index in [2.05, 4.69) is 10.5 Å². The molecular formula is C15H16N2O2S. The summed E-state index contributed by atoms with van der Waals surface area (Å²) in [6.45, 7) is 1.89. The summed E-state index contributed by atoms with van der Waals surface area (Å²) in [4.78, 5) is 12.4. The highest BCUT2D eigenvalue weighted by Crippen LogP contribution is 2.12. The Morgan fingerprint density at radius 2 is 2.05 bits per heavy atom. The molecule has 0 saturated heterocycles. The van der Waals surface area contributed by atoms with Crippen LogP contribution in [0.15, 0.2) is 46.9 Å². The molecule has 1 heterocycles. The Labute approximate surface area is 122 Å². The Hall–Kier alpha value is -2.14. The molecule has 0 aliphatic carbocycles. The van der Waals surface area contributed by atoms with Gasteiger partial charge in [0.1, 0.15) is 5.75 Å². The smallest absolute Gasteiger partial charge is 0.281 e. The molecule has 0 aliphatic rings. The zero-order valence-electron chi connectivity index (χ0n) is 11.4. The lowest BCUT2D eigenvalue weighted by molar-refractivity contribution is 0.0959. The summed E-state index contributed by atoms with van der Waals surface area (Å²) in [6.07, 6.45) is 0.689. The average Bonchev–Trinajstić information content (AvgIpc) is 3.00. The van der Waals surface area contributed by atoms with Gasteiger partial charge in [0.2, 0.25) is 0 Å². The third-order valence-electron chi connectivity index (χ3n) is 2.71. The summed E-state index contributed by atoms with van der Waals surface area (Å²) >= 11 is 1.40. The molecule has 2 rings (SSSR count). The summed E-state index contributed by atoms with van der Waals surface area (Å²) in [7, 11) is 1.64. The first-order valence-electron chi connectivity index (χ1n) is 6.19.